The first kappa shape index (κ1) is 15.4. The molecule has 0 fully saturated rings. The summed E-state index contributed by atoms with van der Waals surface area (Å²) in [5.74, 6) is -0.344. The van der Waals surface area contributed by atoms with Gasteiger partial charge in [-0.2, -0.15) is 0 Å². The van der Waals surface area contributed by atoms with Crippen molar-refractivity contribution in [3.05, 3.63) is 0 Å². The molecule has 0 aliphatic carbocycles. The minimum atomic E-state index is -0.894. The second kappa shape index (κ2) is 6.86. The number of ether oxygens (including phenoxy) is 1. The van der Waals surface area contributed by atoms with Crippen LogP contribution in [0.4, 0.5) is 0 Å². The van der Waals surface area contributed by atoms with Gasteiger partial charge in [-0.1, -0.05) is 13.3 Å². The summed E-state index contributed by atoms with van der Waals surface area (Å²) in [5.41, 5.74) is 5.04. The van der Waals surface area contributed by atoms with Gasteiger partial charge >= 0.3 is 5.97 Å². The maximum Gasteiger partial charge on any atom is 0.325 e. The Morgan fingerprint density at radius 1 is 1.56 bits per heavy atom. The SMILES string of the molecule is CCCCN(C)C(C)CC(C)(N)C(=O)OC. The number of methoxy groups -OCH3 is 1. The highest BCUT2D eigenvalue weighted by Crippen LogP contribution is 2.14. The van der Waals surface area contributed by atoms with Gasteiger partial charge in [0.15, 0.2) is 0 Å². The summed E-state index contributed by atoms with van der Waals surface area (Å²) in [6, 6.07) is 0.278. The number of unbranched alkanes of at least 4 members (excludes halogenated alkanes) is 1. The smallest absolute Gasteiger partial charge is 0.325 e. The van der Waals surface area contributed by atoms with Crippen LogP contribution in [0.5, 0.6) is 0 Å². The second-order valence-electron chi connectivity index (χ2n) is 4.80. The van der Waals surface area contributed by atoms with Gasteiger partial charge in [0.1, 0.15) is 5.54 Å². The number of nitrogens with zero attached hydrogens (tertiary/aromatic N) is 1. The van der Waals surface area contributed by atoms with E-state index in [0.717, 1.165) is 6.54 Å². The van der Waals surface area contributed by atoms with Crippen molar-refractivity contribution in [2.45, 2.75) is 51.6 Å². The molecule has 0 amide bonds. The molecular formula is C12H26N2O2. The van der Waals surface area contributed by atoms with Crippen LogP contribution < -0.4 is 5.73 Å². The molecular weight excluding hydrogens is 204 g/mol. The normalized spacial score (nSPS) is 16.9. The van der Waals surface area contributed by atoms with Gasteiger partial charge in [0, 0.05) is 6.04 Å². The van der Waals surface area contributed by atoms with E-state index in [9.17, 15) is 4.79 Å². The number of hydrogen-bond acceptors (Lipinski definition) is 4. The van der Waals surface area contributed by atoms with E-state index in [4.69, 9.17) is 10.5 Å². The zero-order chi connectivity index (χ0) is 12.8. The topological polar surface area (TPSA) is 55.6 Å². The van der Waals surface area contributed by atoms with Gasteiger partial charge in [-0.05, 0) is 40.3 Å². The summed E-state index contributed by atoms with van der Waals surface area (Å²) in [5, 5.41) is 0. The van der Waals surface area contributed by atoms with E-state index < -0.39 is 5.54 Å². The zero-order valence-corrected chi connectivity index (χ0v) is 11.2. The quantitative estimate of drug-likeness (QED) is 0.671. The molecule has 0 bridgehead atoms. The van der Waals surface area contributed by atoms with Gasteiger partial charge in [0.05, 0.1) is 7.11 Å². The summed E-state index contributed by atoms with van der Waals surface area (Å²) < 4.78 is 4.69. The fraction of sp³-hybridized carbons (Fsp3) is 0.917. The Bertz CT molecular complexity index is 217. The van der Waals surface area contributed by atoms with Gasteiger partial charge < -0.3 is 15.4 Å². The Labute approximate surface area is 99.1 Å². The fourth-order valence-electron chi connectivity index (χ4n) is 1.71. The lowest BCUT2D eigenvalue weighted by Gasteiger charge is -2.31. The Kier molecular flexibility index (Phi) is 6.60. The molecule has 0 aliphatic rings. The number of nitrogens with two attached hydrogens (primary N) is 1. The fourth-order valence-corrected chi connectivity index (χ4v) is 1.71. The van der Waals surface area contributed by atoms with Crippen molar-refractivity contribution in [2.24, 2.45) is 5.73 Å². The van der Waals surface area contributed by atoms with Crippen molar-refractivity contribution in [1.82, 2.24) is 4.90 Å². The number of esters is 1. The maximum absolute atomic E-state index is 11.4. The number of rotatable bonds is 7. The average molecular weight is 230 g/mol. The molecule has 0 spiro atoms. The minimum absolute atomic E-state index is 0.278. The van der Waals surface area contributed by atoms with Crippen LogP contribution in [-0.2, 0) is 9.53 Å². The molecule has 0 saturated carbocycles. The summed E-state index contributed by atoms with van der Waals surface area (Å²) in [4.78, 5) is 13.7. The molecule has 96 valence electrons. The number of carbonyl (C=O) groups is 1. The van der Waals surface area contributed by atoms with Gasteiger partial charge in [-0.25, -0.2) is 0 Å². The minimum Gasteiger partial charge on any atom is -0.468 e. The standard InChI is InChI=1S/C12H26N2O2/c1-6-7-8-14(4)10(2)9-12(3,13)11(15)16-5/h10H,6-9,13H2,1-5H3. The molecule has 0 aromatic heterocycles. The van der Waals surface area contributed by atoms with Crippen LogP contribution in [0, 0.1) is 0 Å². The van der Waals surface area contributed by atoms with Crippen LogP contribution in [0.15, 0.2) is 0 Å². The van der Waals surface area contributed by atoms with Crippen LogP contribution in [0.25, 0.3) is 0 Å². The third-order valence-corrected chi connectivity index (χ3v) is 2.99. The molecule has 2 N–H and O–H groups in total. The summed E-state index contributed by atoms with van der Waals surface area (Å²) in [6.45, 7) is 7.02. The predicted molar refractivity (Wildman–Crippen MR) is 66.2 cm³/mol. The molecule has 0 aromatic rings. The molecule has 0 aliphatic heterocycles. The average Bonchev–Trinajstić information content (AvgIpc) is 2.23. The van der Waals surface area contributed by atoms with Crippen molar-refractivity contribution in [1.29, 1.82) is 0 Å². The van der Waals surface area contributed by atoms with E-state index in [0.29, 0.717) is 6.42 Å². The largest absolute Gasteiger partial charge is 0.468 e. The molecule has 0 saturated heterocycles. The first-order valence-corrected chi connectivity index (χ1v) is 5.92. The lowest BCUT2D eigenvalue weighted by molar-refractivity contribution is -0.147. The maximum atomic E-state index is 11.4. The predicted octanol–water partition coefficient (Wildman–Crippen LogP) is 1.39. The number of carbonyl (C=O) groups excluding carboxylic acids is 1. The molecule has 16 heavy (non-hydrogen) atoms. The second-order valence-corrected chi connectivity index (χ2v) is 4.80. The first-order chi connectivity index (χ1) is 7.35. The van der Waals surface area contributed by atoms with Crippen LogP contribution in [0.3, 0.4) is 0 Å². The van der Waals surface area contributed by atoms with Gasteiger partial charge in [0.2, 0.25) is 0 Å². The van der Waals surface area contributed by atoms with E-state index in [2.05, 4.69) is 25.8 Å². The molecule has 2 unspecified atom stereocenters. The Morgan fingerprint density at radius 3 is 2.56 bits per heavy atom. The highest BCUT2D eigenvalue weighted by molar-refractivity contribution is 5.79. The lowest BCUT2D eigenvalue weighted by atomic mass is 9.94. The van der Waals surface area contributed by atoms with Crippen molar-refractivity contribution in [3.63, 3.8) is 0 Å². The molecule has 4 heteroatoms. The van der Waals surface area contributed by atoms with E-state index >= 15 is 0 Å². The Morgan fingerprint density at radius 2 is 2.12 bits per heavy atom. The molecule has 4 nitrogen and oxygen atoms in total. The molecule has 0 radical (unpaired) electrons. The molecule has 2 atom stereocenters. The summed E-state index contributed by atoms with van der Waals surface area (Å²) in [7, 11) is 3.44. The molecule has 0 rings (SSSR count). The third kappa shape index (κ3) is 4.94. The lowest BCUT2D eigenvalue weighted by Crippen LogP contribution is -2.50. The zero-order valence-electron chi connectivity index (χ0n) is 11.2. The van der Waals surface area contributed by atoms with Crippen LogP contribution in [0.2, 0.25) is 0 Å². The molecule has 0 heterocycles. The third-order valence-electron chi connectivity index (χ3n) is 2.99. The summed E-state index contributed by atoms with van der Waals surface area (Å²) in [6.07, 6.45) is 2.95. The Balaban J connectivity index is 4.20. The van der Waals surface area contributed by atoms with E-state index in [1.165, 1.54) is 20.0 Å². The Hall–Kier alpha value is -0.610. The first-order valence-electron chi connectivity index (χ1n) is 5.92. The monoisotopic (exact) mass is 230 g/mol. The van der Waals surface area contributed by atoms with Crippen molar-refractivity contribution in [2.75, 3.05) is 20.7 Å². The summed E-state index contributed by atoms with van der Waals surface area (Å²) >= 11 is 0. The van der Waals surface area contributed by atoms with Crippen molar-refractivity contribution < 1.29 is 9.53 Å². The van der Waals surface area contributed by atoms with Crippen molar-refractivity contribution >= 4 is 5.97 Å². The van der Waals surface area contributed by atoms with Crippen LogP contribution in [0.1, 0.15) is 40.0 Å². The van der Waals surface area contributed by atoms with Crippen LogP contribution in [-0.4, -0.2) is 43.2 Å². The van der Waals surface area contributed by atoms with E-state index in [1.54, 1.807) is 6.92 Å². The van der Waals surface area contributed by atoms with E-state index in [-0.39, 0.29) is 12.0 Å². The number of hydrogen-bond donors (Lipinski definition) is 1. The molecule has 0 aromatic carbocycles. The van der Waals surface area contributed by atoms with E-state index in [1.807, 2.05) is 0 Å². The van der Waals surface area contributed by atoms with Gasteiger partial charge in [-0.15, -0.1) is 0 Å². The van der Waals surface area contributed by atoms with Crippen LogP contribution >= 0.6 is 0 Å². The van der Waals surface area contributed by atoms with Crippen molar-refractivity contribution in [3.8, 4) is 0 Å². The highest BCUT2D eigenvalue weighted by atomic mass is 16.5. The van der Waals surface area contributed by atoms with Gasteiger partial charge in [-0.3, -0.25) is 4.79 Å². The highest BCUT2D eigenvalue weighted by Gasteiger charge is 2.32. The van der Waals surface area contributed by atoms with Gasteiger partial charge in [0.25, 0.3) is 0 Å².